The number of imide groups is 1. The molecule has 0 spiro atoms. The molecule has 3 amide bonds. The fourth-order valence-corrected chi connectivity index (χ4v) is 2.73. The highest BCUT2D eigenvalue weighted by Crippen LogP contribution is 2.20. The largest absolute Gasteiger partial charge is 0.324 e. The number of hydrogen-bond acceptors (Lipinski definition) is 4. The van der Waals surface area contributed by atoms with Gasteiger partial charge in [0, 0.05) is 24.1 Å². The Bertz CT molecular complexity index is 802. The Kier molecular flexibility index (Phi) is 4.70. The second kappa shape index (κ2) is 7.09. The standard InChI is InChI=1S/C19H16N2O4/c22-15-11-12-16(23)21(15)17(18(24)13-7-3-1-4-8-13)19(25)20-14-9-5-2-6-10-14/h1-10,17H,11-12H2,(H,20,25). The number of rotatable bonds is 5. The molecule has 0 saturated carbocycles. The van der Waals surface area contributed by atoms with Crippen LogP contribution in [0.5, 0.6) is 0 Å². The van der Waals surface area contributed by atoms with Gasteiger partial charge in [0.25, 0.3) is 5.91 Å². The molecule has 0 bridgehead atoms. The number of carbonyl (C=O) groups excluding carboxylic acids is 4. The van der Waals surface area contributed by atoms with Gasteiger partial charge in [-0.25, -0.2) is 0 Å². The van der Waals surface area contributed by atoms with Gasteiger partial charge in [-0.2, -0.15) is 0 Å². The van der Waals surface area contributed by atoms with Gasteiger partial charge in [-0.3, -0.25) is 24.1 Å². The van der Waals surface area contributed by atoms with Gasteiger partial charge in [0.1, 0.15) is 0 Å². The van der Waals surface area contributed by atoms with Crippen LogP contribution in [0.25, 0.3) is 0 Å². The van der Waals surface area contributed by atoms with Crippen molar-refractivity contribution in [2.45, 2.75) is 18.9 Å². The maximum absolute atomic E-state index is 12.8. The topological polar surface area (TPSA) is 83.6 Å². The van der Waals surface area contributed by atoms with Crippen LogP contribution in [0.3, 0.4) is 0 Å². The molecule has 0 radical (unpaired) electrons. The van der Waals surface area contributed by atoms with E-state index < -0.39 is 29.5 Å². The molecule has 1 atom stereocenters. The molecule has 1 heterocycles. The van der Waals surface area contributed by atoms with Gasteiger partial charge in [-0.05, 0) is 12.1 Å². The number of para-hydroxylation sites is 1. The Morgan fingerprint density at radius 3 is 1.92 bits per heavy atom. The Balaban J connectivity index is 1.94. The third-order valence-electron chi connectivity index (χ3n) is 3.94. The smallest absolute Gasteiger partial charge is 0.255 e. The Morgan fingerprint density at radius 1 is 0.840 bits per heavy atom. The van der Waals surface area contributed by atoms with E-state index in [1.165, 1.54) is 0 Å². The summed E-state index contributed by atoms with van der Waals surface area (Å²) in [7, 11) is 0. The van der Waals surface area contributed by atoms with Crippen molar-refractivity contribution in [1.82, 2.24) is 4.90 Å². The number of ketones is 1. The Hall–Kier alpha value is -3.28. The van der Waals surface area contributed by atoms with E-state index in [4.69, 9.17) is 0 Å². The predicted molar refractivity (Wildman–Crippen MR) is 90.7 cm³/mol. The molecule has 6 nitrogen and oxygen atoms in total. The van der Waals surface area contributed by atoms with Gasteiger partial charge in [0.15, 0.2) is 11.8 Å². The van der Waals surface area contributed by atoms with Gasteiger partial charge >= 0.3 is 0 Å². The second-order valence-corrected chi connectivity index (χ2v) is 5.65. The molecular weight excluding hydrogens is 320 g/mol. The van der Waals surface area contributed by atoms with E-state index in [0.717, 1.165) is 4.90 Å². The Labute approximate surface area is 144 Å². The van der Waals surface area contributed by atoms with Crippen LogP contribution in [-0.4, -0.2) is 34.4 Å². The zero-order valence-corrected chi connectivity index (χ0v) is 13.3. The normalized spacial score (nSPS) is 15.1. The molecule has 126 valence electrons. The van der Waals surface area contributed by atoms with Crippen molar-refractivity contribution in [2.24, 2.45) is 0 Å². The highest BCUT2D eigenvalue weighted by Gasteiger charge is 2.43. The van der Waals surface area contributed by atoms with Crippen molar-refractivity contribution in [3.05, 3.63) is 66.2 Å². The van der Waals surface area contributed by atoms with Gasteiger partial charge in [-0.15, -0.1) is 0 Å². The summed E-state index contributed by atoms with van der Waals surface area (Å²) in [4.78, 5) is 50.5. The monoisotopic (exact) mass is 336 g/mol. The average molecular weight is 336 g/mol. The number of nitrogens with zero attached hydrogens (tertiary/aromatic N) is 1. The molecule has 1 N–H and O–H groups in total. The number of anilines is 1. The first-order chi connectivity index (χ1) is 12.1. The number of benzene rings is 2. The summed E-state index contributed by atoms with van der Waals surface area (Å²) in [6.07, 6.45) is 0.0199. The maximum Gasteiger partial charge on any atom is 0.255 e. The lowest BCUT2D eigenvalue weighted by Gasteiger charge is -2.24. The minimum Gasteiger partial charge on any atom is -0.324 e. The molecule has 6 heteroatoms. The summed E-state index contributed by atoms with van der Waals surface area (Å²) in [5.74, 6) is -2.31. The zero-order valence-electron chi connectivity index (χ0n) is 13.3. The molecule has 2 aromatic carbocycles. The molecule has 3 rings (SSSR count). The number of carbonyl (C=O) groups is 4. The SMILES string of the molecule is O=C(Nc1ccccc1)C(C(=O)c1ccccc1)N1C(=O)CCC1=O. The first-order valence-corrected chi connectivity index (χ1v) is 7.88. The summed E-state index contributed by atoms with van der Waals surface area (Å²) >= 11 is 0. The van der Waals surface area contributed by atoms with Crippen molar-refractivity contribution in [2.75, 3.05) is 5.32 Å². The lowest BCUT2D eigenvalue weighted by Crippen LogP contribution is -2.51. The third-order valence-corrected chi connectivity index (χ3v) is 3.94. The molecule has 2 aromatic rings. The van der Waals surface area contributed by atoms with Crippen LogP contribution in [0, 0.1) is 0 Å². The molecule has 1 aliphatic heterocycles. The number of amides is 3. The third kappa shape index (κ3) is 3.47. The highest BCUT2D eigenvalue weighted by molar-refractivity contribution is 6.22. The second-order valence-electron chi connectivity index (χ2n) is 5.65. The maximum atomic E-state index is 12.8. The summed E-state index contributed by atoms with van der Waals surface area (Å²) < 4.78 is 0. The van der Waals surface area contributed by atoms with Crippen LogP contribution < -0.4 is 5.32 Å². The number of Topliss-reactive ketones (excluding diaryl/α,β-unsaturated/α-hetero) is 1. The van der Waals surface area contributed by atoms with Crippen LogP contribution in [-0.2, 0) is 14.4 Å². The van der Waals surface area contributed by atoms with E-state index >= 15 is 0 Å². The molecule has 1 aliphatic rings. The van der Waals surface area contributed by atoms with Gasteiger partial charge in [-0.1, -0.05) is 48.5 Å². The van der Waals surface area contributed by atoms with E-state index in [-0.39, 0.29) is 18.4 Å². The van der Waals surface area contributed by atoms with Crippen LogP contribution in [0.2, 0.25) is 0 Å². The van der Waals surface area contributed by atoms with E-state index in [9.17, 15) is 19.2 Å². The molecule has 0 aliphatic carbocycles. The van der Waals surface area contributed by atoms with E-state index in [1.54, 1.807) is 60.7 Å². The fraction of sp³-hybridized carbons (Fsp3) is 0.158. The van der Waals surface area contributed by atoms with Gasteiger partial charge in [0.05, 0.1) is 0 Å². The van der Waals surface area contributed by atoms with Crippen LogP contribution in [0.1, 0.15) is 23.2 Å². The molecule has 1 saturated heterocycles. The van der Waals surface area contributed by atoms with Crippen LogP contribution >= 0.6 is 0 Å². The van der Waals surface area contributed by atoms with E-state index in [1.807, 2.05) is 0 Å². The van der Waals surface area contributed by atoms with Crippen LogP contribution in [0.15, 0.2) is 60.7 Å². The van der Waals surface area contributed by atoms with Crippen molar-refractivity contribution >= 4 is 29.2 Å². The average Bonchev–Trinajstić information content (AvgIpc) is 2.96. The zero-order chi connectivity index (χ0) is 17.8. The summed E-state index contributed by atoms with van der Waals surface area (Å²) in [6, 6.07) is 15.2. The molecule has 1 unspecified atom stereocenters. The molecule has 1 fully saturated rings. The minimum absolute atomic E-state index is 0.00994. The van der Waals surface area contributed by atoms with Crippen molar-refractivity contribution in [3.8, 4) is 0 Å². The van der Waals surface area contributed by atoms with E-state index in [2.05, 4.69) is 5.32 Å². The number of nitrogens with one attached hydrogen (secondary N) is 1. The predicted octanol–water partition coefficient (Wildman–Crippen LogP) is 2.03. The van der Waals surface area contributed by atoms with Crippen LogP contribution in [0.4, 0.5) is 5.69 Å². The van der Waals surface area contributed by atoms with Gasteiger partial charge < -0.3 is 5.32 Å². The Morgan fingerprint density at radius 2 is 1.36 bits per heavy atom. The molecule has 25 heavy (non-hydrogen) atoms. The molecule has 0 aromatic heterocycles. The summed E-state index contributed by atoms with van der Waals surface area (Å²) in [5, 5.41) is 2.60. The van der Waals surface area contributed by atoms with Gasteiger partial charge in [0.2, 0.25) is 11.8 Å². The first kappa shape index (κ1) is 16.6. The van der Waals surface area contributed by atoms with Crippen molar-refractivity contribution < 1.29 is 19.2 Å². The first-order valence-electron chi connectivity index (χ1n) is 7.88. The fourth-order valence-electron chi connectivity index (χ4n) is 2.73. The summed E-state index contributed by atoms with van der Waals surface area (Å²) in [5.41, 5.74) is 0.751. The lowest BCUT2D eigenvalue weighted by molar-refractivity contribution is -0.143. The minimum atomic E-state index is -1.51. The highest BCUT2D eigenvalue weighted by atomic mass is 16.2. The number of likely N-dealkylation sites (tertiary alicyclic amines) is 1. The number of hydrogen-bond donors (Lipinski definition) is 1. The summed E-state index contributed by atoms with van der Waals surface area (Å²) in [6.45, 7) is 0. The van der Waals surface area contributed by atoms with E-state index in [0.29, 0.717) is 5.69 Å². The van der Waals surface area contributed by atoms with Crippen molar-refractivity contribution in [3.63, 3.8) is 0 Å². The molecular formula is C19H16N2O4. The van der Waals surface area contributed by atoms with Crippen molar-refractivity contribution in [1.29, 1.82) is 0 Å². The lowest BCUT2D eigenvalue weighted by atomic mass is 10.0. The quantitative estimate of drug-likeness (QED) is 0.514.